The molecule has 3 aromatic rings. The predicted molar refractivity (Wildman–Crippen MR) is 139 cm³/mol. The third-order valence-electron chi connectivity index (χ3n) is 6.38. The van der Waals surface area contributed by atoms with Crippen LogP contribution in [0.2, 0.25) is 10.0 Å². The summed E-state index contributed by atoms with van der Waals surface area (Å²) in [5, 5.41) is 3.76. The Labute approximate surface area is 217 Å². The third kappa shape index (κ3) is 4.05. The molecule has 3 heterocycles. The van der Waals surface area contributed by atoms with Crippen LogP contribution in [-0.2, 0) is 20.7 Å². The lowest BCUT2D eigenvalue weighted by Crippen LogP contribution is -2.40. The minimum Gasteiger partial charge on any atom is -0.378 e. The molecule has 1 fully saturated rings. The number of nitrogens with one attached hydrogen (secondary N) is 1. The average molecular weight is 527 g/mol. The molecule has 0 atom stereocenters. The number of benzene rings is 2. The summed E-state index contributed by atoms with van der Waals surface area (Å²) in [5.41, 5.74) is 2.43. The Morgan fingerprint density at radius 3 is 2.36 bits per heavy atom. The van der Waals surface area contributed by atoms with E-state index in [2.05, 4.69) is 5.10 Å². The van der Waals surface area contributed by atoms with E-state index in [0.29, 0.717) is 59.8 Å². The predicted octanol–water partition coefficient (Wildman–Crippen LogP) is 3.96. The fourth-order valence-electron chi connectivity index (χ4n) is 4.63. The molecule has 10 heteroatoms. The van der Waals surface area contributed by atoms with Crippen molar-refractivity contribution in [2.75, 3.05) is 31.2 Å². The summed E-state index contributed by atoms with van der Waals surface area (Å²) in [6, 6.07) is 12.0. The van der Waals surface area contributed by atoms with Crippen LogP contribution < -0.4 is 10.5 Å². The van der Waals surface area contributed by atoms with Crippen molar-refractivity contribution in [2.45, 2.75) is 20.3 Å². The number of aromatic nitrogens is 2. The first-order chi connectivity index (χ1) is 17.3. The Balaban J connectivity index is 1.72. The number of imide groups is 1. The molecule has 0 saturated carbocycles. The van der Waals surface area contributed by atoms with Crippen molar-refractivity contribution >= 4 is 46.3 Å². The molecular formula is C26H24Cl2N4O4. The lowest BCUT2D eigenvalue weighted by molar-refractivity contribution is -0.121. The summed E-state index contributed by atoms with van der Waals surface area (Å²) in [6.07, 6.45) is 0.435. The van der Waals surface area contributed by atoms with E-state index in [1.807, 2.05) is 24.8 Å². The highest BCUT2D eigenvalue weighted by Crippen LogP contribution is 2.36. The van der Waals surface area contributed by atoms with Gasteiger partial charge >= 0.3 is 0 Å². The maximum atomic E-state index is 13.9. The number of rotatable bonds is 5. The Hall–Kier alpha value is -3.33. The molecule has 2 aliphatic rings. The third-order valence-corrected chi connectivity index (χ3v) is 7.12. The van der Waals surface area contributed by atoms with Gasteiger partial charge in [-0.3, -0.25) is 19.5 Å². The topological polar surface area (TPSA) is 87.6 Å². The van der Waals surface area contributed by atoms with E-state index < -0.39 is 17.4 Å². The molecule has 0 unspecified atom stereocenters. The van der Waals surface area contributed by atoms with E-state index in [9.17, 15) is 14.4 Å². The van der Waals surface area contributed by atoms with Crippen LogP contribution in [0.25, 0.3) is 11.3 Å². The van der Waals surface area contributed by atoms with E-state index in [1.54, 1.807) is 36.4 Å². The van der Waals surface area contributed by atoms with Gasteiger partial charge in [0.1, 0.15) is 5.70 Å². The van der Waals surface area contributed by atoms with Gasteiger partial charge in [0.15, 0.2) is 0 Å². The maximum Gasteiger partial charge on any atom is 0.282 e. The normalized spacial score (nSPS) is 16.4. The molecule has 0 spiro atoms. The lowest BCUT2D eigenvalue weighted by Gasteiger charge is -2.29. The van der Waals surface area contributed by atoms with Gasteiger partial charge in [-0.25, -0.2) is 9.58 Å². The van der Waals surface area contributed by atoms with Crippen molar-refractivity contribution in [2.24, 2.45) is 0 Å². The monoisotopic (exact) mass is 526 g/mol. The molecule has 1 saturated heterocycles. The SMILES string of the molecule is CCc1[nH]n(-c2ccc(Cl)c(Cl)c2)c(=O)c1C1=C(N2CCOCC2)C(=O)N(c2cccc(C)c2)C1=O. The smallest absolute Gasteiger partial charge is 0.282 e. The summed E-state index contributed by atoms with van der Waals surface area (Å²) >= 11 is 12.3. The van der Waals surface area contributed by atoms with Gasteiger partial charge in [0, 0.05) is 18.8 Å². The number of aromatic amines is 1. The summed E-state index contributed by atoms with van der Waals surface area (Å²) in [4.78, 5) is 44.5. The fourth-order valence-corrected chi connectivity index (χ4v) is 4.92. The summed E-state index contributed by atoms with van der Waals surface area (Å²) in [5.74, 6) is -0.981. The van der Waals surface area contributed by atoms with E-state index in [-0.39, 0.29) is 16.8 Å². The van der Waals surface area contributed by atoms with Gasteiger partial charge in [0.05, 0.1) is 45.8 Å². The van der Waals surface area contributed by atoms with Gasteiger partial charge < -0.3 is 9.64 Å². The Bertz CT molecular complexity index is 1470. The van der Waals surface area contributed by atoms with Crippen LogP contribution in [0.1, 0.15) is 23.7 Å². The molecular weight excluding hydrogens is 503 g/mol. The van der Waals surface area contributed by atoms with Gasteiger partial charge in [-0.15, -0.1) is 0 Å². The number of hydrogen-bond acceptors (Lipinski definition) is 5. The Kier molecular flexibility index (Phi) is 6.51. The molecule has 0 aliphatic carbocycles. The number of H-pyrrole nitrogens is 1. The molecule has 36 heavy (non-hydrogen) atoms. The number of carbonyl (C=O) groups excluding carboxylic acids is 2. The van der Waals surface area contributed by atoms with Crippen molar-refractivity contribution in [3.8, 4) is 5.69 Å². The van der Waals surface area contributed by atoms with Crippen LogP contribution in [-0.4, -0.2) is 52.8 Å². The number of hydrogen-bond donors (Lipinski definition) is 1. The molecule has 186 valence electrons. The first-order valence-electron chi connectivity index (χ1n) is 11.6. The first kappa shape index (κ1) is 24.4. The minimum absolute atomic E-state index is 0.0975. The van der Waals surface area contributed by atoms with Crippen molar-refractivity contribution < 1.29 is 14.3 Å². The number of anilines is 1. The molecule has 8 nitrogen and oxygen atoms in total. The van der Waals surface area contributed by atoms with Crippen LogP contribution in [0.4, 0.5) is 5.69 Å². The van der Waals surface area contributed by atoms with Crippen LogP contribution in [0.3, 0.4) is 0 Å². The number of morpholine rings is 1. The second kappa shape index (κ2) is 9.61. The number of carbonyl (C=O) groups is 2. The molecule has 1 N–H and O–H groups in total. The zero-order valence-corrected chi connectivity index (χ0v) is 21.3. The molecule has 0 bridgehead atoms. The van der Waals surface area contributed by atoms with Gasteiger partial charge in [-0.2, -0.15) is 0 Å². The van der Waals surface area contributed by atoms with E-state index in [4.69, 9.17) is 27.9 Å². The summed E-state index contributed by atoms with van der Waals surface area (Å²) in [7, 11) is 0. The van der Waals surface area contributed by atoms with Gasteiger partial charge in [-0.1, -0.05) is 42.3 Å². The quantitative estimate of drug-likeness (QED) is 0.508. The van der Waals surface area contributed by atoms with E-state index >= 15 is 0 Å². The zero-order valence-electron chi connectivity index (χ0n) is 19.8. The standard InChI is InChI=1S/C26H24Cl2N4O4/c1-3-20-21(25(34)32(29-20)17-7-8-18(27)19(28)14-17)22-23(30-9-11-36-12-10-30)26(35)31(24(22)33)16-6-4-5-15(2)13-16/h4-8,13-14,29H,3,9-12H2,1-2H3. The van der Waals surface area contributed by atoms with E-state index in [0.717, 1.165) is 10.5 Å². The van der Waals surface area contributed by atoms with E-state index in [1.165, 1.54) is 4.68 Å². The molecule has 2 aliphatic heterocycles. The van der Waals surface area contributed by atoms with Crippen molar-refractivity contribution in [1.82, 2.24) is 14.7 Å². The first-order valence-corrected chi connectivity index (χ1v) is 12.4. The Morgan fingerprint density at radius 2 is 1.69 bits per heavy atom. The molecule has 1 aromatic heterocycles. The van der Waals surface area contributed by atoms with Gasteiger partial charge in [0.25, 0.3) is 17.4 Å². The van der Waals surface area contributed by atoms with Crippen molar-refractivity contribution in [3.63, 3.8) is 0 Å². The lowest BCUT2D eigenvalue weighted by atomic mass is 10.0. The zero-order chi connectivity index (χ0) is 25.6. The molecule has 2 aromatic carbocycles. The van der Waals surface area contributed by atoms with Crippen LogP contribution >= 0.6 is 23.2 Å². The molecule has 5 rings (SSSR count). The molecule has 0 radical (unpaired) electrons. The summed E-state index contributed by atoms with van der Waals surface area (Å²) < 4.78 is 6.80. The molecule has 2 amide bonds. The number of halogens is 2. The van der Waals surface area contributed by atoms with Crippen LogP contribution in [0.15, 0.2) is 53.0 Å². The number of aryl methyl sites for hydroxylation is 2. The fraction of sp³-hybridized carbons (Fsp3) is 0.269. The Morgan fingerprint density at radius 1 is 0.944 bits per heavy atom. The van der Waals surface area contributed by atoms with Crippen LogP contribution in [0, 0.1) is 6.92 Å². The number of amides is 2. The van der Waals surface area contributed by atoms with Gasteiger partial charge in [-0.05, 0) is 49.2 Å². The second-order valence-electron chi connectivity index (χ2n) is 8.67. The number of ether oxygens (including phenoxy) is 1. The highest BCUT2D eigenvalue weighted by atomic mass is 35.5. The van der Waals surface area contributed by atoms with Gasteiger partial charge in [0.2, 0.25) is 0 Å². The summed E-state index contributed by atoms with van der Waals surface area (Å²) in [6.45, 7) is 5.48. The minimum atomic E-state index is -0.529. The maximum absolute atomic E-state index is 13.9. The highest BCUT2D eigenvalue weighted by molar-refractivity contribution is 6.45. The highest BCUT2D eigenvalue weighted by Gasteiger charge is 2.45. The average Bonchev–Trinajstić information content (AvgIpc) is 3.33. The number of nitrogens with zero attached hydrogens (tertiary/aromatic N) is 3. The second-order valence-corrected chi connectivity index (χ2v) is 9.48. The van der Waals surface area contributed by atoms with Crippen molar-refractivity contribution in [3.05, 3.63) is 85.4 Å². The van der Waals surface area contributed by atoms with Crippen molar-refractivity contribution in [1.29, 1.82) is 0 Å². The van der Waals surface area contributed by atoms with Crippen LogP contribution in [0.5, 0.6) is 0 Å². The largest absolute Gasteiger partial charge is 0.378 e.